The molecule has 114 valence electrons. The van der Waals surface area contributed by atoms with Crippen molar-refractivity contribution in [3.05, 3.63) is 54.1 Å². The summed E-state index contributed by atoms with van der Waals surface area (Å²) < 4.78 is 0. The van der Waals surface area contributed by atoms with Gasteiger partial charge in [-0.05, 0) is 24.3 Å². The maximum Gasteiger partial charge on any atom is 0.259 e. The van der Waals surface area contributed by atoms with Crippen molar-refractivity contribution in [3.63, 3.8) is 0 Å². The summed E-state index contributed by atoms with van der Waals surface area (Å²) in [6.45, 7) is 3.65. The smallest absolute Gasteiger partial charge is 0.259 e. The SMILES string of the molecule is O=C(Nc1ccccc1)c1ccc(N2CCNCC2)cc1O. The van der Waals surface area contributed by atoms with E-state index < -0.39 is 0 Å². The second-order valence-corrected chi connectivity index (χ2v) is 5.26. The highest BCUT2D eigenvalue weighted by molar-refractivity contribution is 6.06. The average Bonchev–Trinajstić information content (AvgIpc) is 2.56. The molecule has 0 radical (unpaired) electrons. The van der Waals surface area contributed by atoms with Crippen molar-refractivity contribution in [1.29, 1.82) is 0 Å². The van der Waals surface area contributed by atoms with Crippen molar-refractivity contribution in [2.45, 2.75) is 0 Å². The number of nitrogens with one attached hydrogen (secondary N) is 2. The molecule has 0 atom stereocenters. The summed E-state index contributed by atoms with van der Waals surface area (Å²) in [7, 11) is 0. The summed E-state index contributed by atoms with van der Waals surface area (Å²) in [5.41, 5.74) is 1.93. The van der Waals surface area contributed by atoms with E-state index in [-0.39, 0.29) is 17.2 Å². The Hall–Kier alpha value is -2.53. The summed E-state index contributed by atoms with van der Waals surface area (Å²) in [5.74, 6) is -0.306. The molecular weight excluding hydrogens is 278 g/mol. The highest BCUT2D eigenvalue weighted by atomic mass is 16.3. The molecule has 0 unspecified atom stereocenters. The van der Waals surface area contributed by atoms with E-state index in [2.05, 4.69) is 15.5 Å². The van der Waals surface area contributed by atoms with Crippen LogP contribution in [-0.2, 0) is 0 Å². The standard InChI is InChI=1S/C17H19N3O2/c21-16-12-14(20-10-8-18-9-11-20)6-7-15(16)17(22)19-13-4-2-1-3-5-13/h1-7,12,18,21H,8-11H2,(H,19,22). The molecule has 5 heteroatoms. The second-order valence-electron chi connectivity index (χ2n) is 5.26. The number of amides is 1. The number of aromatic hydroxyl groups is 1. The zero-order valence-corrected chi connectivity index (χ0v) is 12.2. The zero-order valence-electron chi connectivity index (χ0n) is 12.2. The van der Waals surface area contributed by atoms with E-state index in [1.807, 2.05) is 36.4 Å². The van der Waals surface area contributed by atoms with Gasteiger partial charge in [-0.3, -0.25) is 4.79 Å². The van der Waals surface area contributed by atoms with Crippen molar-refractivity contribution in [3.8, 4) is 5.75 Å². The number of hydrogen-bond acceptors (Lipinski definition) is 4. The lowest BCUT2D eigenvalue weighted by Crippen LogP contribution is -2.43. The molecule has 1 saturated heterocycles. The van der Waals surface area contributed by atoms with Gasteiger partial charge in [0.05, 0.1) is 5.56 Å². The number of phenols is 1. The molecule has 3 N–H and O–H groups in total. The first-order valence-corrected chi connectivity index (χ1v) is 7.39. The van der Waals surface area contributed by atoms with E-state index in [0.717, 1.165) is 31.9 Å². The number of anilines is 2. The Kier molecular flexibility index (Phi) is 4.25. The van der Waals surface area contributed by atoms with Crippen molar-refractivity contribution in [2.75, 3.05) is 36.4 Å². The Morgan fingerprint density at radius 2 is 1.82 bits per heavy atom. The van der Waals surface area contributed by atoms with Crippen LogP contribution in [0.5, 0.6) is 5.75 Å². The van der Waals surface area contributed by atoms with Gasteiger partial charge in [0.2, 0.25) is 0 Å². The molecule has 1 aliphatic rings. The van der Waals surface area contributed by atoms with Crippen LogP contribution in [0.3, 0.4) is 0 Å². The molecule has 0 saturated carbocycles. The van der Waals surface area contributed by atoms with Crippen LogP contribution in [0.15, 0.2) is 48.5 Å². The minimum absolute atomic E-state index is 0.00413. The largest absolute Gasteiger partial charge is 0.507 e. The van der Waals surface area contributed by atoms with E-state index in [1.165, 1.54) is 0 Å². The quantitative estimate of drug-likeness (QED) is 0.811. The molecule has 2 aromatic rings. The Labute approximate surface area is 129 Å². The predicted octanol–water partition coefficient (Wildman–Crippen LogP) is 2.05. The summed E-state index contributed by atoms with van der Waals surface area (Å²) in [6, 6.07) is 14.4. The van der Waals surface area contributed by atoms with Gasteiger partial charge in [-0.15, -0.1) is 0 Å². The van der Waals surface area contributed by atoms with Gasteiger partial charge >= 0.3 is 0 Å². The number of carbonyl (C=O) groups is 1. The summed E-state index contributed by atoms with van der Waals surface area (Å²) >= 11 is 0. The van der Waals surface area contributed by atoms with Gasteiger partial charge < -0.3 is 20.6 Å². The molecule has 1 aliphatic heterocycles. The van der Waals surface area contributed by atoms with Crippen LogP contribution in [0.4, 0.5) is 11.4 Å². The maximum absolute atomic E-state index is 12.2. The molecule has 5 nitrogen and oxygen atoms in total. The molecule has 2 aromatic carbocycles. The molecule has 0 spiro atoms. The van der Waals surface area contributed by atoms with Crippen molar-refractivity contribution in [1.82, 2.24) is 5.32 Å². The summed E-state index contributed by atoms with van der Waals surface area (Å²) in [4.78, 5) is 14.4. The lowest BCUT2D eigenvalue weighted by Gasteiger charge is -2.29. The third-order valence-corrected chi connectivity index (χ3v) is 3.74. The van der Waals surface area contributed by atoms with Gasteiger partial charge in [-0.1, -0.05) is 18.2 Å². The van der Waals surface area contributed by atoms with E-state index in [0.29, 0.717) is 5.69 Å². The van der Waals surface area contributed by atoms with Crippen LogP contribution in [0.25, 0.3) is 0 Å². The molecule has 3 rings (SSSR count). The Morgan fingerprint density at radius 1 is 1.09 bits per heavy atom. The number of hydrogen-bond donors (Lipinski definition) is 3. The number of phenolic OH excluding ortho intramolecular Hbond substituents is 1. The number of nitrogens with zero attached hydrogens (tertiary/aromatic N) is 1. The first-order valence-electron chi connectivity index (χ1n) is 7.39. The van der Waals surface area contributed by atoms with Gasteiger partial charge in [0.15, 0.2) is 0 Å². The topological polar surface area (TPSA) is 64.6 Å². The number of carbonyl (C=O) groups excluding carboxylic acids is 1. The second kappa shape index (κ2) is 6.49. The Balaban J connectivity index is 1.75. The van der Waals surface area contributed by atoms with Gasteiger partial charge in [0, 0.05) is 43.6 Å². The van der Waals surface area contributed by atoms with Gasteiger partial charge in [0.25, 0.3) is 5.91 Å². The van der Waals surface area contributed by atoms with Crippen molar-refractivity contribution < 1.29 is 9.90 Å². The maximum atomic E-state index is 12.2. The van der Waals surface area contributed by atoms with Crippen LogP contribution < -0.4 is 15.5 Å². The van der Waals surface area contributed by atoms with Crippen LogP contribution >= 0.6 is 0 Å². The van der Waals surface area contributed by atoms with E-state index in [4.69, 9.17) is 0 Å². The fourth-order valence-electron chi connectivity index (χ4n) is 2.55. The average molecular weight is 297 g/mol. The minimum atomic E-state index is -0.310. The lowest BCUT2D eigenvalue weighted by molar-refractivity contribution is 0.102. The molecule has 1 heterocycles. The van der Waals surface area contributed by atoms with E-state index >= 15 is 0 Å². The Morgan fingerprint density at radius 3 is 2.50 bits per heavy atom. The van der Waals surface area contributed by atoms with Gasteiger partial charge in [-0.25, -0.2) is 0 Å². The van der Waals surface area contributed by atoms with Crippen LogP contribution in [0.2, 0.25) is 0 Å². The minimum Gasteiger partial charge on any atom is -0.507 e. The van der Waals surface area contributed by atoms with Crippen molar-refractivity contribution in [2.24, 2.45) is 0 Å². The monoisotopic (exact) mass is 297 g/mol. The third-order valence-electron chi connectivity index (χ3n) is 3.74. The molecular formula is C17H19N3O2. The van der Waals surface area contributed by atoms with Crippen LogP contribution in [0, 0.1) is 0 Å². The highest BCUT2D eigenvalue weighted by Crippen LogP contribution is 2.25. The first kappa shape index (κ1) is 14.4. The Bertz CT molecular complexity index is 652. The van der Waals surface area contributed by atoms with Gasteiger partial charge in [-0.2, -0.15) is 0 Å². The molecule has 1 fully saturated rings. The number of rotatable bonds is 3. The summed E-state index contributed by atoms with van der Waals surface area (Å²) in [6.07, 6.45) is 0. The first-order chi connectivity index (χ1) is 10.7. The molecule has 0 aliphatic carbocycles. The highest BCUT2D eigenvalue weighted by Gasteiger charge is 2.15. The van der Waals surface area contributed by atoms with Crippen molar-refractivity contribution >= 4 is 17.3 Å². The number of benzene rings is 2. The third kappa shape index (κ3) is 3.20. The van der Waals surface area contributed by atoms with E-state index in [9.17, 15) is 9.90 Å². The summed E-state index contributed by atoms with van der Waals surface area (Å²) in [5, 5.41) is 16.2. The normalized spacial score (nSPS) is 14.6. The van der Waals surface area contributed by atoms with E-state index in [1.54, 1.807) is 12.1 Å². The number of piperazine rings is 1. The molecule has 0 bridgehead atoms. The molecule has 1 amide bonds. The van der Waals surface area contributed by atoms with Crippen LogP contribution in [-0.4, -0.2) is 37.2 Å². The number of para-hydroxylation sites is 1. The molecule has 22 heavy (non-hydrogen) atoms. The predicted molar refractivity (Wildman–Crippen MR) is 87.6 cm³/mol. The van der Waals surface area contributed by atoms with Gasteiger partial charge in [0.1, 0.15) is 5.75 Å². The fraction of sp³-hybridized carbons (Fsp3) is 0.235. The molecule has 0 aromatic heterocycles. The zero-order chi connectivity index (χ0) is 15.4. The lowest BCUT2D eigenvalue weighted by atomic mass is 10.1. The van der Waals surface area contributed by atoms with Crippen LogP contribution in [0.1, 0.15) is 10.4 Å². The fourth-order valence-corrected chi connectivity index (χ4v) is 2.55.